The number of phosphoric acid groups is 2. The van der Waals surface area contributed by atoms with E-state index >= 15 is 0 Å². The molecule has 546 valence electrons. The van der Waals surface area contributed by atoms with Crippen LogP contribution in [-0.4, -0.2) is 96.7 Å². The molecule has 17 nitrogen and oxygen atoms in total. The van der Waals surface area contributed by atoms with Crippen molar-refractivity contribution >= 4 is 39.5 Å². The fourth-order valence-corrected chi connectivity index (χ4v) is 12.7. The second-order valence-corrected chi connectivity index (χ2v) is 30.0. The Labute approximate surface area is 562 Å². The van der Waals surface area contributed by atoms with Gasteiger partial charge in [-0.05, 0) is 37.5 Å². The number of rotatable bonds is 72. The average molecular weight is 1350 g/mol. The maximum absolute atomic E-state index is 13.0. The van der Waals surface area contributed by atoms with Gasteiger partial charge in [-0.15, -0.1) is 0 Å². The highest BCUT2D eigenvalue weighted by atomic mass is 31.2. The van der Waals surface area contributed by atoms with Crippen LogP contribution in [0.15, 0.2) is 0 Å². The zero-order valence-electron chi connectivity index (χ0n) is 59.9. The molecule has 0 radical (unpaired) electrons. The van der Waals surface area contributed by atoms with E-state index in [4.69, 9.17) is 37.0 Å². The summed E-state index contributed by atoms with van der Waals surface area (Å²) in [7, 11) is -9.90. The fraction of sp³-hybridized carbons (Fsp3) is 0.945. The Bertz CT molecular complexity index is 1790. The topological polar surface area (TPSA) is 237 Å². The van der Waals surface area contributed by atoms with E-state index < -0.39 is 97.5 Å². The van der Waals surface area contributed by atoms with Crippen molar-refractivity contribution in [2.45, 2.75) is 394 Å². The van der Waals surface area contributed by atoms with Gasteiger partial charge in [0.1, 0.15) is 19.3 Å². The highest BCUT2D eigenvalue weighted by Crippen LogP contribution is 2.45. The first-order valence-electron chi connectivity index (χ1n) is 38.0. The van der Waals surface area contributed by atoms with Crippen molar-refractivity contribution < 1.29 is 80.2 Å². The quantitative estimate of drug-likeness (QED) is 0.0222. The largest absolute Gasteiger partial charge is 0.472 e. The lowest BCUT2D eigenvalue weighted by Crippen LogP contribution is -2.30. The monoisotopic (exact) mass is 1350 g/mol. The Morgan fingerprint density at radius 1 is 0.315 bits per heavy atom. The Morgan fingerprint density at radius 2 is 0.554 bits per heavy atom. The number of carbonyl (C=O) groups excluding carboxylic acids is 4. The molecule has 0 aliphatic carbocycles. The van der Waals surface area contributed by atoms with Crippen LogP contribution in [0, 0.1) is 11.8 Å². The van der Waals surface area contributed by atoms with Gasteiger partial charge in [0, 0.05) is 25.7 Å². The van der Waals surface area contributed by atoms with Gasteiger partial charge >= 0.3 is 39.5 Å². The number of hydrogen-bond donors (Lipinski definition) is 3. The van der Waals surface area contributed by atoms with Gasteiger partial charge in [-0.25, -0.2) is 9.13 Å². The third kappa shape index (κ3) is 65.4. The van der Waals surface area contributed by atoms with Crippen LogP contribution in [-0.2, 0) is 65.4 Å². The number of unbranched alkanes of at least 4 members (excludes halogenated alkanes) is 41. The molecule has 3 unspecified atom stereocenters. The molecule has 92 heavy (non-hydrogen) atoms. The van der Waals surface area contributed by atoms with Crippen molar-refractivity contribution in [3.63, 3.8) is 0 Å². The van der Waals surface area contributed by atoms with Crippen molar-refractivity contribution in [3.8, 4) is 0 Å². The van der Waals surface area contributed by atoms with E-state index in [0.717, 1.165) is 102 Å². The van der Waals surface area contributed by atoms with Crippen LogP contribution < -0.4 is 0 Å². The van der Waals surface area contributed by atoms with E-state index in [1.807, 2.05) is 0 Å². The molecule has 0 aliphatic heterocycles. The SMILES string of the molecule is CCCCCCCCCCCCCC(=O)OC[C@H](COP(=O)(O)OC[C@@H](O)COP(=O)(O)OC[C@@H](COC(=O)CCCCCCCCCCCC)OC(=O)CCCCCCCCC(C)CC)OC(=O)CCCCCCCCCCCCCCCCCCCCC(C)C. The molecule has 0 aromatic rings. The van der Waals surface area contributed by atoms with E-state index in [9.17, 15) is 43.2 Å². The number of aliphatic hydroxyl groups excluding tert-OH is 1. The molecule has 19 heteroatoms. The molecule has 0 rings (SSSR count). The molecule has 0 saturated carbocycles. The van der Waals surface area contributed by atoms with Gasteiger partial charge in [-0.2, -0.15) is 0 Å². The van der Waals surface area contributed by atoms with E-state index in [1.54, 1.807) is 0 Å². The molecule has 0 spiro atoms. The van der Waals surface area contributed by atoms with Crippen molar-refractivity contribution in [2.75, 3.05) is 39.6 Å². The van der Waals surface area contributed by atoms with Crippen molar-refractivity contribution in [1.29, 1.82) is 0 Å². The van der Waals surface area contributed by atoms with Gasteiger partial charge in [0.25, 0.3) is 0 Å². The van der Waals surface area contributed by atoms with Crippen LogP contribution in [0.5, 0.6) is 0 Å². The Kier molecular flexibility index (Phi) is 63.7. The number of phosphoric ester groups is 2. The summed E-state index contributed by atoms with van der Waals surface area (Å²) in [5.74, 6) is -0.582. The van der Waals surface area contributed by atoms with Crippen LogP contribution in [0.1, 0.15) is 375 Å². The maximum atomic E-state index is 13.0. The highest BCUT2D eigenvalue weighted by molar-refractivity contribution is 7.47. The van der Waals surface area contributed by atoms with E-state index in [1.165, 1.54) is 193 Å². The predicted octanol–water partition coefficient (Wildman–Crippen LogP) is 21.2. The third-order valence-electron chi connectivity index (χ3n) is 17.3. The summed E-state index contributed by atoms with van der Waals surface area (Å²) in [6.07, 6.45) is 51.4. The minimum atomic E-state index is -4.95. The number of hydrogen-bond acceptors (Lipinski definition) is 15. The van der Waals surface area contributed by atoms with Crippen LogP contribution in [0.4, 0.5) is 0 Å². The van der Waals surface area contributed by atoms with Crippen LogP contribution in [0.25, 0.3) is 0 Å². The van der Waals surface area contributed by atoms with Gasteiger partial charge in [0.2, 0.25) is 0 Å². The standard InChI is InChI=1S/C73H142O17P2/c1-7-10-12-14-16-18-28-33-37-44-50-56-71(76)83-61-68(89-72(77)57-51-45-38-34-30-27-25-23-21-20-22-24-26-29-31-35-41-47-53-65(4)5)63-87-91(79,80)85-59-67(74)60-86-92(81,82)88-64-69(90-73(78)58-52-46-40-39-42-48-54-66(6)9-3)62-84-70(75)55-49-43-36-32-19-17-15-13-11-8-2/h65-69,74H,7-64H2,1-6H3,(H,79,80)(H,81,82)/t66?,67-,68-,69-/m1/s1. The lowest BCUT2D eigenvalue weighted by Gasteiger charge is -2.21. The minimum absolute atomic E-state index is 0.103. The molecule has 0 aromatic carbocycles. The van der Waals surface area contributed by atoms with Gasteiger partial charge in [-0.3, -0.25) is 37.3 Å². The summed E-state index contributed by atoms with van der Waals surface area (Å²) in [4.78, 5) is 72.6. The molecule has 0 aliphatic rings. The molecule has 0 bridgehead atoms. The smallest absolute Gasteiger partial charge is 0.462 e. The lowest BCUT2D eigenvalue weighted by atomic mass is 10.00. The summed E-state index contributed by atoms with van der Waals surface area (Å²) in [5.41, 5.74) is 0. The second-order valence-electron chi connectivity index (χ2n) is 27.1. The van der Waals surface area contributed by atoms with Crippen LogP contribution in [0.3, 0.4) is 0 Å². The Hall–Kier alpha value is -1.94. The molecular formula is C73H142O17P2. The molecule has 0 amide bonds. The maximum Gasteiger partial charge on any atom is 0.472 e. The summed E-state index contributed by atoms with van der Waals surface area (Å²) in [6, 6.07) is 0. The molecular weight excluding hydrogens is 1210 g/mol. The molecule has 0 aromatic heterocycles. The highest BCUT2D eigenvalue weighted by Gasteiger charge is 2.30. The fourth-order valence-electron chi connectivity index (χ4n) is 11.1. The summed E-state index contributed by atoms with van der Waals surface area (Å²) >= 11 is 0. The number of ether oxygens (including phenoxy) is 4. The van der Waals surface area contributed by atoms with Crippen LogP contribution >= 0.6 is 15.6 Å². The minimum Gasteiger partial charge on any atom is -0.462 e. The molecule has 3 N–H and O–H groups in total. The van der Waals surface area contributed by atoms with Crippen molar-refractivity contribution in [2.24, 2.45) is 11.8 Å². The van der Waals surface area contributed by atoms with Crippen molar-refractivity contribution in [1.82, 2.24) is 0 Å². The zero-order chi connectivity index (χ0) is 67.9. The number of esters is 4. The van der Waals surface area contributed by atoms with E-state index in [0.29, 0.717) is 25.7 Å². The average Bonchev–Trinajstić information content (AvgIpc) is 1.48. The van der Waals surface area contributed by atoms with Gasteiger partial charge < -0.3 is 33.8 Å². The molecule has 6 atom stereocenters. The Morgan fingerprint density at radius 3 is 0.826 bits per heavy atom. The second kappa shape index (κ2) is 65.0. The van der Waals surface area contributed by atoms with Gasteiger partial charge in [0.15, 0.2) is 12.2 Å². The lowest BCUT2D eigenvalue weighted by molar-refractivity contribution is -0.161. The van der Waals surface area contributed by atoms with Crippen molar-refractivity contribution in [3.05, 3.63) is 0 Å². The normalized spacial score (nSPS) is 14.4. The summed E-state index contributed by atoms with van der Waals surface area (Å²) < 4.78 is 68.3. The van der Waals surface area contributed by atoms with E-state index in [2.05, 4.69) is 41.5 Å². The summed E-state index contributed by atoms with van der Waals surface area (Å²) in [6.45, 7) is 9.54. The first-order chi connectivity index (χ1) is 44.4. The zero-order valence-corrected chi connectivity index (χ0v) is 61.6. The first-order valence-corrected chi connectivity index (χ1v) is 41.0. The van der Waals surface area contributed by atoms with E-state index in [-0.39, 0.29) is 25.7 Å². The molecule has 0 fully saturated rings. The van der Waals surface area contributed by atoms with Crippen LogP contribution in [0.2, 0.25) is 0 Å². The third-order valence-corrected chi connectivity index (χ3v) is 19.2. The predicted molar refractivity (Wildman–Crippen MR) is 372 cm³/mol. The first kappa shape index (κ1) is 90.1. The summed E-state index contributed by atoms with van der Waals surface area (Å²) in [5, 5.41) is 10.6. The molecule has 0 heterocycles. The molecule has 0 saturated heterocycles. The number of carbonyl (C=O) groups is 4. The van der Waals surface area contributed by atoms with Gasteiger partial charge in [-0.1, -0.05) is 324 Å². The Balaban J connectivity index is 5.17. The van der Waals surface area contributed by atoms with Gasteiger partial charge in [0.05, 0.1) is 26.4 Å². The number of aliphatic hydroxyl groups is 1.